The Morgan fingerprint density at radius 1 is 0.889 bits per heavy atom. The predicted octanol–water partition coefficient (Wildman–Crippen LogP) is 4.37. The molecule has 0 aromatic heterocycles. The van der Waals surface area contributed by atoms with Crippen LogP contribution in [-0.4, -0.2) is 15.5 Å². The number of rotatable bonds is 6. The van der Waals surface area contributed by atoms with Crippen LogP contribution < -0.4 is 9.04 Å². The molecule has 0 N–H and O–H groups in total. The minimum atomic E-state index is -3.99. The number of sulfonamides is 1. The number of ether oxygens (including phenoxy) is 1. The molecule has 0 fully saturated rings. The molecule has 0 unspecified atom stereocenters. The summed E-state index contributed by atoms with van der Waals surface area (Å²) < 4.78 is 59.2. The summed E-state index contributed by atoms with van der Waals surface area (Å²) in [5.41, 5.74) is 0.980. The Balaban J connectivity index is 2.08. The maximum atomic E-state index is 13.2. The number of nitrogens with zero attached hydrogens (tertiary/aromatic N) is 1. The standard InChI is InChI=1S/C20H17F2NO3S/c1-26-19-4-2-3-18(13-19)23(14-15-5-7-16(21)8-6-15)27(24,25)20-11-9-17(22)10-12-20/h2-13H,14H2,1H3. The molecular weight excluding hydrogens is 372 g/mol. The van der Waals surface area contributed by atoms with Gasteiger partial charge in [-0.1, -0.05) is 18.2 Å². The van der Waals surface area contributed by atoms with E-state index in [1.165, 1.54) is 47.8 Å². The molecule has 140 valence electrons. The van der Waals surface area contributed by atoms with E-state index in [2.05, 4.69) is 0 Å². The van der Waals surface area contributed by atoms with Gasteiger partial charge in [-0.15, -0.1) is 0 Å². The molecule has 0 aliphatic rings. The summed E-state index contributed by atoms with van der Waals surface area (Å²) in [7, 11) is -2.50. The van der Waals surface area contributed by atoms with Crippen molar-refractivity contribution in [2.75, 3.05) is 11.4 Å². The van der Waals surface area contributed by atoms with Crippen molar-refractivity contribution in [1.82, 2.24) is 0 Å². The monoisotopic (exact) mass is 389 g/mol. The van der Waals surface area contributed by atoms with Crippen LogP contribution in [0.5, 0.6) is 5.75 Å². The van der Waals surface area contributed by atoms with Gasteiger partial charge in [0, 0.05) is 6.07 Å². The zero-order chi connectivity index (χ0) is 19.4. The Labute approximate surface area is 156 Å². The Hall–Kier alpha value is -2.93. The largest absolute Gasteiger partial charge is 0.497 e. The fraction of sp³-hybridized carbons (Fsp3) is 0.100. The molecule has 3 aromatic carbocycles. The quantitative estimate of drug-likeness (QED) is 0.629. The average molecular weight is 389 g/mol. The first kappa shape index (κ1) is 18.8. The predicted molar refractivity (Wildman–Crippen MR) is 99.2 cm³/mol. The van der Waals surface area contributed by atoms with Gasteiger partial charge in [0.1, 0.15) is 17.4 Å². The van der Waals surface area contributed by atoms with Gasteiger partial charge in [-0.3, -0.25) is 4.31 Å². The third kappa shape index (κ3) is 4.25. The van der Waals surface area contributed by atoms with Gasteiger partial charge in [0.05, 0.1) is 24.2 Å². The second-order valence-electron chi connectivity index (χ2n) is 5.79. The van der Waals surface area contributed by atoms with Crippen molar-refractivity contribution in [2.24, 2.45) is 0 Å². The average Bonchev–Trinajstić information content (AvgIpc) is 2.67. The topological polar surface area (TPSA) is 46.6 Å². The molecule has 0 radical (unpaired) electrons. The fourth-order valence-corrected chi connectivity index (χ4v) is 4.01. The molecule has 0 amide bonds. The Morgan fingerprint density at radius 3 is 2.07 bits per heavy atom. The van der Waals surface area contributed by atoms with Crippen molar-refractivity contribution in [3.05, 3.63) is 90.0 Å². The maximum Gasteiger partial charge on any atom is 0.264 e. The van der Waals surface area contributed by atoms with E-state index in [-0.39, 0.29) is 11.4 Å². The van der Waals surface area contributed by atoms with Crippen LogP contribution in [0.25, 0.3) is 0 Å². The lowest BCUT2D eigenvalue weighted by Gasteiger charge is -2.25. The summed E-state index contributed by atoms with van der Waals surface area (Å²) in [4.78, 5) is -0.0474. The Bertz CT molecular complexity index is 1020. The van der Waals surface area contributed by atoms with Crippen molar-refractivity contribution < 1.29 is 21.9 Å². The molecule has 3 aromatic rings. The van der Waals surface area contributed by atoms with Crippen LogP contribution in [0.15, 0.2) is 77.7 Å². The molecule has 0 aliphatic carbocycles. The van der Waals surface area contributed by atoms with Crippen LogP contribution in [0.4, 0.5) is 14.5 Å². The SMILES string of the molecule is COc1cccc(N(Cc2ccc(F)cc2)S(=O)(=O)c2ccc(F)cc2)c1. The molecule has 27 heavy (non-hydrogen) atoms. The lowest BCUT2D eigenvalue weighted by atomic mass is 10.2. The van der Waals surface area contributed by atoms with Crippen LogP contribution in [0.3, 0.4) is 0 Å². The Morgan fingerprint density at radius 2 is 1.48 bits per heavy atom. The fourth-order valence-electron chi connectivity index (χ4n) is 2.57. The normalized spacial score (nSPS) is 11.2. The smallest absolute Gasteiger partial charge is 0.264 e. The van der Waals surface area contributed by atoms with E-state index in [1.54, 1.807) is 24.3 Å². The number of methoxy groups -OCH3 is 1. The van der Waals surface area contributed by atoms with Crippen LogP contribution >= 0.6 is 0 Å². The Kier molecular flexibility index (Phi) is 5.41. The summed E-state index contributed by atoms with van der Waals surface area (Å²) in [6.07, 6.45) is 0. The lowest BCUT2D eigenvalue weighted by Crippen LogP contribution is -2.30. The first-order valence-corrected chi connectivity index (χ1v) is 9.51. The molecule has 3 rings (SSSR count). The molecular formula is C20H17F2NO3S. The molecule has 4 nitrogen and oxygen atoms in total. The number of hydrogen-bond donors (Lipinski definition) is 0. The summed E-state index contributed by atoms with van der Waals surface area (Å²) in [6, 6.07) is 16.8. The van der Waals surface area contributed by atoms with Crippen LogP contribution in [0.2, 0.25) is 0 Å². The summed E-state index contributed by atoms with van der Waals surface area (Å²) in [5, 5.41) is 0. The van der Waals surface area contributed by atoms with E-state index in [1.807, 2.05) is 0 Å². The summed E-state index contributed by atoms with van der Waals surface area (Å²) >= 11 is 0. The van der Waals surface area contributed by atoms with Gasteiger partial charge >= 0.3 is 0 Å². The number of hydrogen-bond acceptors (Lipinski definition) is 3. The van der Waals surface area contributed by atoms with Crippen LogP contribution in [0, 0.1) is 11.6 Å². The van der Waals surface area contributed by atoms with E-state index in [9.17, 15) is 17.2 Å². The third-order valence-electron chi connectivity index (χ3n) is 3.98. The van der Waals surface area contributed by atoms with E-state index >= 15 is 0 Å². The van der Waals surface area contributed by atoms with Gasteiger partial charge in [0.25, 0.3) is 10.0 Å². The van der Waals surface area contributed by atoms with Gasteiger partial charge in [0.2, 0.25) is 0 Å². The van der Waals surface area contributed by atoms with Gasteiger partial charge in [-0.05, 0) is 54.1 Å². The minimum absolute atomic E-state index is 0.0207. The number of anilines is 1. The highest BCUT2D eigenvalue weighted by molar-refractivity contribution is 7.92. The van der Waals surface area contributed by atoms with Gasteiger partial charge in [-0.2, -0.15) is 0 Å². The molecule has 0 heterocycles. The maximum absolute atomic E-state index is 13.2. The van der Waals surface area contributed by atoms with Crippen molar-refractivity contribution in [3.8, 4) is 5.75 Å². The minimum Gasteiger partial charge on any atom is -0.497 e. The zero-order valence-electron chi connectivity index (χ0n) is 14.5. The van der Waals surface area contributed by atoms with Crippen molar-refractivity contribution in [3.63, 3.8) is 0 Å². The zero-order valence-corrected chi connectivity index (χ0v) is 15.3. The molecule has 0 saturated carbocycles. The highest BCUT2D eigenvalue weighted by atomic mass is 32.2. The first-order valence-electron chi connectivity index (χ1n) is 8.07. The van der Waals surface area contributed by atoms with Crippen molar-refractivity contribution in [2.45, 2.75) is 11.4 Å². The van der Waals surface area contributed by atoms with E-state index in [0.29, 0.717) is 17.0 Å². The van der Waals surface area contributed by atoms with Gasteiger partial charge in [0.15, 0.2) is 0 Å². The number of halogens is 2. The summed E-state index contributed by atoms with van der Waals surface area (Å²) in [6.45, 7) is -0.0207. The third-order valence-corrected chi connectivity index (χ3v) is 5.77. The van der Waals surface area contributed by atoms with E-state index in [4.69, 9.17) is 4.74 Å². The molecule has 0 atom stereocenters. The molecule has 0 saturated heterocycles. The summed E-state index contributed by atoms with van der Waals surface area (Å²) in [5.74, 6) is -0.445. The molecule has 0 spiro atoms. The number of benzene rings is 3. The van der Waals surface area contributed by atoms with Gasteiger partial charge < -0.3 is 4.74 Å². The molecule has 0 bridgehead atoms. The highest BCUT2D eigenvalue weighted by Gasteiger charge is 2.25. The second-order valence-corrected chi connectivity index (χ2v) is 7.66. The van der Waals surface area contributed by atoms with Crippen molar-refractivity contribution in [1.29, 1.82) is 0 Å². The van der Waals surface area contributed by atoms with Crippen molar-refractivity contribution >= 4 is 15.7 Å². The first-order chi connectivity index (χ1) is 12.9. The highest BCUT2D eigenvalue weighted by Crippen LogP contribution is 2.29. The molecule has 7 heteroatoms. The van der Waals surface area contributed by atoms with E-state index < -0.39 is 21.7 Å². The van der Waals surface area contributed by atoms with Crippen LogP contribution in [0.1, 0.15) is 5.56 Å². The second kappa shape index (κ2) is 7.75. The van der Waals surface area contributed by atoms with Gasteiger partial charge in [-0.25, -0.2) is 17.2 Å². The lowest BCUT2D eigenvalue weighted by molar-refractivity contribution is 0.415. The van der Waals surface area contributed by atoms with Crippen LogP contribution in [-0.2, 0) is 16.6 Å². The molecule has 0 aliphatic heterocycles. The van der Waals surface area contributed by atoms with E-state index in [0.717, 1.165) is 12.1 Å².